The van der Waals surface area contributed by atoms with Crippen LogP contribution in [0.4, 0.5) is 0 Å². The molecule has 0 aromatic heterocycles. The maximum Gasteiger partial charge on any atom is 0 e. The van der Waals surface area contributed by atoms with Gasteiger partial charge in [-0.1, -0.05) is 0 Å². The minimum Gasteiger partial charge on any atom is 0 e. The van der Waals surface area contributed by atoms with E-state index in [1.165, 1.54) is 0 Å². The first-order valence-corrected chi connectivity index (χ1v) is 0.842. The van der Waals surface area contributed by atoms with Gasteiger partial charge in [0, 0.05) is 55.2 Å². The largest absolute Gasteiger partial charge is 0 e. The summed E-state index contributed by atoms with van der Waals surface area (Å²) in [5, 5.41) is 0. The third-order valence-electron chi connectivity index (χ3n) is 0. The molecule has 5 heavy (non-hydrogen) atoms. The Bertz CT molecular complexity index is 11.6. The van der Waals surface area contributed by atoms with Gasteiger partial charge in [0.05, 0.1) is 0 Å². The smallest absolute Gasteiger partial charge is 0 e. The van der Waals surface area contributed by atoms with E-state index < -0.39 is 0 Å². The Labute approximate surface area is 78.0 Å². The molecule has 0 aromatic carbocycles. The van der Waals surface area contributed by atoms with Gasteiger partial charge in [0.2, 0.25) is 0 Å². The van der Waals surface area contributed by atoms with Crippen molar-refractivity contribution in [2.24, 2.45) is 0 Å². The Morgan fingerprint density at radius 2 is 1.20 bits per heavy atom. The van der Waals surface area contributed by atoms with Gasteiger partial charge in [-0.05, 0) is 0 Å². The molecule has 0 aromatic rings. The molecule has 35 valence electrons. The van der Waals surface area contributed by atoms with Crippen LogP contribution >= 0.6 is 0 Å². The quantitative estimate of drug-likeness (QED) is 0.544. The maximum absolute atomic E-state index is 8.25. The van der Waals surface area contributed by atoms with Crippen LogP contribution in [-0.4, -0.2) is 0 Å². The zero-order chi connectivity index (χ0) is 2.00. The van der Waals surface area contributed by atoms with Crippen molar-refractivity contribution in [1.29, 1.82) is 0 Å². The van der Waals surface area contributed by atoms with E-state index in [1.54, 1.807) is 0 Å². The summed E-state index contributed by atoms with van der Waals surface area (Å²) >= 11 is 0.750. The second-order valence-electron chi connectivity index (χ2n) is 0. The molecule has 0 saturated carbocycles. The predicted octanol–water partition coefficient (Wildman–Crippen LogP) is -0.129. The summed E-state index contributed by atoms with van der Waals surface area (Å²) in [6.07, 6.45) is 0. The second kappa shape index (κ2) is 34.1. The first-order chi connectivity index (χ1) is 1.00. The van der Waals surface area contributed by atoms with Gasteiger partial charge < -0.3 is 0 Å². The van der Waals surface area contributed by atoms with Crippen LogP contribution in [0.15, 0.2) is 0 Å². The van der Waals surface area contributed by atoms with Crippen molar-refractivity contribution in [1.82, 2.24) is 0 Å². The average molecular weight is 370 g/mol. The second-order valence-corrected chi connectivity index (χ2v) is 0. The van der Waals surface area contributed by atoms with Gasteiger partial charge in [0.25, 0.3) is 0 Å². The van der Waals surface area contributed by atoms with Crippen molar-refractivity contribution in [3.05, 3.63) is 0 Å². The molecule has 0 aliphatic carbocycles. The van der Waals surface area contributed by atoms with Crippen LogP contribution in [0.2, 0.25) is 0 Å². The van der Waals surface area contributed by atoms with Gasteiger partial charge in [-0.2, -0.15) is 0 Å². The zero-order valence-electron chi connectivity index (χ0n) is 1.97. The molecule has 1 nitrogen and oxygen atoms in total. The van der Waals surface area contributed by atoms with E-state index in [1.807, 2.05) is 0 Å². The standard InChI is InChI=1S/Co.Cr.O.Pt.Ti. The van der Waals surface area contributed by atoms with E-state index in [0.29, 0.717) is 0 Å². The third-order valence-corrected chi connectivity index (χ3v) is 0. The fraction of sp³-hybridized carbons (Fsp3) is 0. The van der Waals surface area contributed by atoms with Gasteiger partial charge in [0.15, 0.2) is 0 Å². The molecule has 0 aliphatic rings. The van der Waals surface area contributed by atoms with Crippen molar-refractivity contribution in [2.75, 3.05) is 0 Å². The van der Waals surface area contributed by atoms with Gasteiger partial charge in [-0.15, -0.1) is 0 Å². The van der Waals surface area contributed by atoms with Crippen LogP contribution in [0.1, 0.15) is 0 Å². The van der Waals surface area contributed by atoms with Crippen LogP contribution in [0.25, 0.3) is 0 Å². The minimum atomic E-state index is 0. The fourth-order valence-electron chi connectivity index (χ4n) is 0. The van der Waals surface area contributed by atoms with Crippen LogP contribution in [0.5, 0.6) is 0 Å². The van der Waals surface area contributed by atoms with Crippen molar-refractivity contribution < 1.29 is 78.9 Å². The first-order valence-electron chi connectivity index (χ1n) is 0.204. The van der Waals surface area contributed by atoms with Gasteiger partial charge in [0.1, 0.15) is 0 Å². The molecule has 0 N–H and O–H groups in total. The summed E-state index contributed by atoms with van der Waals surface area (Å²) in [7, 11) is 0. The minimum absolute atomic E-state index is 0. The summed E-state index contributed by atoms with van der Waals surface area (Å²) in [4.78, 5) is 0. The van der Waals surface area contributed by atoms with Crippen LogP contribution in [0, 0.1) is 0 Å². The van der Waals surface area contributed by atoms with Gasteiger partial charge in [-0.3, -0.25) is 0 Å². The number of hydrogen-bond acceptors (Lipinski definition) is 1. The Kier molecular flexibility index (Phi) is 183. The Morgan fingerprint density at radius 1 is 1.20 bits per heavy atom. The van der Waals surface area contributed by atoms with E-state index in [4.69, 9.17) is 3.32 Å². The Balaban J connectivity index is -0.00000000167. The molecule has 1 radical (unpaired) electrons. The number of rotatable bonds is 0. The molecule has 0 atom stereocenters. The van der Waals surface area contributed by atoms with Gasteiger partial charge in [-0.25, -0.2) is 0 Å². The first kappa shape index (κ1) is 26.8. The van der Waals surface area contributed by atoms with Crippen molar-refractivity contribution in [3.8, 4) is 0 Å². The molecular formula is CoCrOPtTi. The molecule has 0 saturated heterocycles. The summed E-state index contributed by atoms with van der Waals surface area (Å²) in [6, 6.07) is 0. The predicted molar refractivity (Wildman–Crippen MR) is 0.686 cm³/mol. The summed E-state index contributed by atoms with van der Waals surface area (Å²) in [5.74, 6) is 0. The molecule has 0 aliphatic heterocycles. The van der Waals surface area contributed by atoms with Crippen molar-refractivity contribution in [3.63, 3.8) is 0 Å². The number of hydrogen-bond donors (Lipinski definition) is 0. The molecule has 0 amide bonds. The van der Waals surface area contributed by atoms with E-state index in [2.05, 4.69) is 0 Å². The molecular weight excluding hydrogens is 370 g/mol. The SMILES string of the molecule is [Co].[Cr].[O]=[Ti].[Pt]. The van der Waals surface area contributed by atoms with Gasteiger partial charge >= 0.3 is 23.7 Å². The average Bonchev–Trinajstić information content (AvgIpc) is 1.00. The van der Waals surface area contributed by atoms with E-state index in [0.717, 1.165) is 20.4 Å². The topological polar surface area (TPSA) is 17.1 Å². The molecule has 0 fully saturated rings. The monoisotopic (exact) mass is 370 g/mol. The van der Waals surface area contributed by atoms with E-state index in [9.17, 15) is 0 Å². The molecule has 0 heterocycles. The van der Waals surface area contributed by atoms with E-state index in [-0.39, 0.29) is 55.2 Å². The Morgan fingerprint density at radius 3 is 1.20 bits per heavy atom. The maximum atomic E-state index is 8.25. The van der Waals surface area contributed by atoms with Crippen molar-refractivity contribution in [2.45, 2.75) is 0 Å². The van der Waals surface area contributed by atoms with Crippen molar-refractivity contribution >= 4 is 0 Å². The molecule has 5 heteroatoms. The van der Waals surface area contributed by atoms with E-state index >= 15 is 0 Å². The molecule has 0 spiro atoms. The summed E-state index contributed by atoms with van der Waals surface area (Å²) in [6.45, 7) is 0. The molecule has 0 rings (SSSR count). The molecule has 0 bridgehead atoms. The normalized spacial score (nSPS) is 0.600. The summed E-state index contributed by atoms with van der Waals surface area (Å²) in [5.41, 5.74) is 0. The third kappa shape index (κ3) is 22.3. The fourth-order valence-corrected chi connectivity index (χ4v) is 0. The zero-order valence-corrected chi connectivity index (χ0v) is 8.12. The van der Waals surface area contributed by atoms with Crippen LogP contribution in [0.3, 0.4) is 0 Å². The van der Waals surface area contributed by atoms with Crippen LogP contribution < -0.4 is 0 Å². The van der Waals surface area contributed by atoms with Crippen LogP contribution in [-0.2, 0) is 78.9 Å². The Hall–Kier alpha value is 2.24. The summed E-state index contributed by atoms with van der Waals surface area (Å²) < 4.78 is 8.25. The molecule has 0 unspecified atom stereocenters.